The van der Waals surface area contributed by atoms with E-state index in [0.717, 1.165) is 17.8 Å². The zero-order valence-corrected chi connectivity index (χ0v) is 17.7. The summed E-state index contributed by atoms with van der Waals surface area (Å²) in [5.41, 5.74) is 2.44. The van der Waals surface area contributed by atoms with Crippen molar-refractivity contribution < 1.29 is 8.42 Å². The smallest absolute Gasteiger partial charge is 0.264 e. The lowest BCUT2D eigenvalue weighted by molar-refractivity contribution is -0.00518. The molecule has 0 heterocycles. The zero-order valence-electron chi connectivity index (χ0n) is 16.1. The quantitative estimate of drug-likeness (QED) is 0.648. The molecule has 0 saturated heterocycles. The molecule has 0 amide bonds. The molecule has 28 heavy (non-hydrogen) atoms. The number of hydrogen-bond donors (Lipinski definition) is 0. The van der Waals surface area contributed by atoms with E-state index in [-0.39, 0.29) is 4.90 Å². The molecule has 0 radical (unpaired) electrons. The molecule has 2 aromatic rings. The maximum absolute atomic E-state index is 12.9. The zero-order chi connectivity index (χ0) is 19.5. The molecule has 4 saturated carbocycles. The number of benzene rings is 2. The summed E-state index contributed by atoms with van der Waals surface area (Å²) in [6.07, 6.45) is 8.24. The fourth-order valence-corrected chi connectivity index (χ4v) is 7.71. The minimum absolute atomic E-state index is 0.254. The summed E-state index contributed by atoms with van der Waals surface area (Å²) < 4.78 is 27.2. The topological polar surface area (TPSA) is 37.4 Å². The Morgan fingerprint density at radius 2 is 1.36 bits per heavy atom. The minimum atomic E-state index is -3.59. The molecule has 5 heteroatoms. The van der Waals surface area contributed by atoms with Crippen molar-refractivity contribution in [2.75, 3.05) is 11.4 Å². The fourth-order valence-electron chi connectivity index (χ4n) is 6.39. The van der Waals surface area contributed by atoms with Crippen molar-refractivity contribution in [1.29, 1.82) is 0 Å². The van der Waals surface area contributed by atoms with Gasteiger partial charge in [0.2, 0.25) is 0 Å². The first-order valence-corrected chi connectivity index (χ1v) is 12.0. The molecule has 0 aromatic heterocycles. The van der Waals surface area contributed by atoms with Crippen LogP contribution in [0.5, 0.6) is 0 Å². The lowest BCUT2D eigenvalue weighted by Gasteiger charge is -2.57. The van der Waals surface area contributed by atoms with Gasteiger partial charge in [0.15, 0.2) is 0 Å². The van der Waals surface area contributed by atoms with Crippen molar-refractivity contribution in [2.24, 2.45) is 17.8 Å². The molecule has 4 aliphatic rings. The maximum Gasteiger partial charge on any atom is 0.264 e. The molecule has 6 rings (SSSR count). The normalized spacial score (nSPS) is 31.1. The van der Waals surface area contributed by atoms with Crippen molar-refractivity contribution in [3.8, 4) is 0 Å². The third-order valence-corrected chi connectivity index (χ3v) is 9.41. The number of sulfonamides is 1. The summed E-state index contributed by atoms with van der Waals surface area (Å²) in [7, 11) is -1.98. The monoisotopic (exact) mass is 415 g/mol. The van der Waals surface area contributed by atoms with E-state index in [1.165, 1.54) is 48.4 Å². The molecule has 4 bridgehead atoms. The second kappa shape index (κ2) is 6.50. The van der Waals surface area contributed by atoms with Crippen LogP contribution in [-0.2, 0) is 15.4 Å². The highest BCUT2D eigenvalue weighted by atomic mass is 35.5. The van der Waals surface area contributed by atoms with Crippen LogP contribution < -0.4 is 4.31 Å². The number of rotatable bonds is 4. The molecule has 0 aliphatic heterocycles. The van der Waals surface area contributed by atoms with Crippen LogP contribution in [0.4, 0.5) is 5.69 Å². The van der Waals surface area contributed by atoms with E-state index in [9.17, 15) is 8.42 Å². The second-order valence-electron chi connectivity index (χ2n) is 9.17. The average molecular weight is 416 g/mol. The first-order chi connectivity index (χ1) is 13.4. The van der Waals surface area contributed by atoms with Gasteiger partial charge in [0.25, 0.3) is 10.0 Å². The van der Waals surface area contributed by atoms with Gasteiger partial charge in [-0.05, 0) is 104 Å². The molecular weight excluding hydrogens is 390 g/mol. The molecule has 0 spiro atoms. The molecular formula is C23H26ClNO2S. The summed E-state index contributed by atoms with van der Waals surface area (Å²) in [6.45, 7) is 0. The Kier molecular flexibility index (Phi) is 4.29. The van der Waals surface area contributed by atoms with Crippen LogP contribution in [0.1, 0.15) is 44.1 Å². The molecule has 0 atom stereocenters. The molecule has 0 unspecified atom stereocenters. The largest absolute Gasteiger partial charge is 0.269 e. The highest BCUT2D eigenvalue weighted by Crippen LogP contribution is 2.60. The molecule has 148 valence electrons. The first kappa shape index (κ1) is 18.5. The van der Waals surface area contributed by atoms with Crippen molar-refractivity contribution >= 4 is 27.3 Å². The van der Waals surface area contributed by atoms with Gasteiger partial charge in [0, 0.05) is 12.1 Å². The highest BCUT2D eigenvalue weighted by Gasteiger charge is 2.51. The summed E-state index contributed by atoms with van der Waals surface area (Å²) in [5, 5.41) is 0.529. The van der Waals surface area contributed by atoms with Gasteiger partial charge >= 0.3 is 0 Å². The van der Waals surface area contributed by atoms with E-state index in [1.54, 1.807) is 31.3 Å². The first-order valence-electron chi connectivity index (χ1n) is 10.2. The van der Waals surface area contributed by atoms with Crippen molar-refractivity contribution in [3.63, 3.8) is 0 Å². The number of halogens is 1. The summed E-state index contributed by atoms with van der Waals surface area (Å²) in [6, 6.07) is 14.6. The Balaban J connectivity index is 1.41. The Morgan fingerprint density at radius 1 is 0.857 bits per heavy atom. The van der Waals surface area contributed by atoms with Crippen LogP contribution in [-0.4, -0.2) is 15.5 Å². The summed E-state index contributed by atoms with van der Waals surface area (Å²) in [5.74, 6) is 2.71. The van der Waals surface area contributed by atoms with Crippen LogP contribution in [0.2, 0.25) is 5.02 Å². The molecule has 2 aromatic carbocycles. The van der Waals surface area contributed by atoms with Gasteiger partial charge in [-0.15, -0.1) is 0 Å². The number of hydrogen-bond acceptors (Lipinski definition) is 2. The standard InChI is InChI=1S/C23H26ClNO2S/c1-25(28(26,27)22-8-4-20(24)5-9-22)21-6-2-19(3-7-21)23-13-16-10-17(14-23)12-18(11-16)15-23/h2-9,16-18H,10-15H2,1H3. The van der Waals surface area contributed by atoms with E-state index in [4.69, 9.17) is 11.6 Å². The molecule has 0 N–H and O–H groups in total. The summed E-state index contributed by atoms with van der Waals surface area (Å²) in [4.78, 5) is 0.254. The third kappa shape index (κ3) is 2.96. The lowest BCUT2D eigenvalue weighted by Crippen LogP contribution is -2.48. The van der Waals surface area contributed by atoms with E-state index in [2.05, 4.69) is 12.1 Å². The van der Waals surface area contributed by atoms with Crippen molar-refractivity contribution in [3.05, 3.63) is 59.1 Å². The van der Waals surface area contributed by atoms with Crippen molar-refractivity contribution in [1.82, 2.24) is 0 Å². The van der Waals surface area contributed by atoms with Gasteiger partial charge < -0.3 is 0 Å². The van der Waals surface area contributed by atoms with Gasteiger partial charge in [-0.3, -0.25) is 4.31 Å². The Hall–Kier alpha value is -1.52. The van der Waals surface area contributed by atoms with Crippen LogP contribution in [0.3, 0.4) is 0 Å². The van der Waals surface area contributed by atoms with E-state index < -0.39 is 10.0 Å². The van der Waals surface area contributed by atoms with Crippen LogP contribution >= 0.6 is 11.6 Å². The maximum atomic E-state index is 12.9. The van der Waals surface area contributed by atoms with E-state index >= 15 is 0 Å². The van der Waals surface area contributed by atoms with Gasteiger partial charge in [0.1, 0.15) is 0 Å². The van der Waals surface area contributed by atoms with Gasteiger partial charge in [-0.2, -0.15) is 0 Å². The highest BCUT2D eigenvalue weighted by molar-refractivity contribution is 7.92. The van der Waals surface area contributed by atoms with E-state index in [0.29, 0.717) is 16.1 Å². The second-order valence-corrected chi connectivity index (χ2v) is 11.6. The Bertz CT molecular complexity index is 947. The minimum Gasteiger partial charge on any atom is -0.269 e. The SMILES string of the molecule is CN(c1ccc(C23CC4CC(CC(C4)C2)C3)cc1)S(=O)(=O)c1ccc(Cl)cc1. The lowest BCUT2D eigenvalue weighted by atomic mass is 9.48. The van der Waals surface area contributed by atoms with Gasteiger partial charge in [-0.25, -0.2) is 8.42 Å². The fraction of sp³-hybridized carbons (Fsp3) is 0.478. The van der Waals surface area contributed by atoms with Gasteiger partial charge in [0.05, 0.1) is 10.6 Å². The Labute approximate surface area is 172 Å². The van der Waals surface area contributed by atoms with Gasteiger partial charge in [-0.1, -0.05) is 23.7 Å². The van der Waals surface area contributed by atoms with Crippen LogP contribution in [0.15, 0.2) is 53.4 Å². The predicted octanol–water partition coefficient (Wildman–Crippen LogP) is 5.63. The third-order valence-electron chi connectivity index (χ3n) is 7.35. The number of anilines is 1. The van der Waals surface area contributed by atoms with Crippen LogP contribution in [0.25, 0.3) is 0 Å². The number of nitrogens with zero attached hydrogens (tertiary/aromatic N) is 1. The average Bonchev–Trinajstić information content (AvgIpc) is 2.67. The molecule has 4 aliphatic carbocycles. The molecule has 4 fully saturated rings. The predicted molar refractivity (Wildman–Crippen MR) is 113 cm³/mol. The van der Waals surface area contributed by atoms with Crippen molar-refractivity contribution in [2.45, 2.75) is 48.8 Å². The van der Waals surface area contributed by atoms with Crippen LogP contribution in [0, 0.1) is 17.8 Å². The Morgan fingerprint density at radius 3 is 1.86 bits per heavy atom. The molecule has 3 nitrogen and oxygen atoms in total. The van der Waals surface area contributed by atoms with E-state index in [1.807, 2.05) is 12.1 Å². The summed E-state index contributed by atoms with van der Waals surface area (Å²) >= 11 is 5.90.